The van der Waals surface area contributed by atoms with Crippen molar-refractivity contribution in [3.8, 4) is 29.5 Å². The Kier molecular flexibility index (Phi) is 24.1. The molecular formula is C43H53Cl5N5O12P. The molecule has 3 aromatic carbocycles. The van der Waals surface area contributed by atoms with E-state index in [0.717, 1.165) is 33.6 Å². The number of halogens is 5. The molecule has 4 N–H and O–H groups in total. The summed E-state index contributed by atoms with van der Waals surface area (Å²) in [6.07, 6.45) is 5.43. The largest absolute Gasteiger partial charge is 0.489 e. The minimum atomic E-state index is -4.10. The number of nitrogens with zero attached hydrogens (tertiary/aromatic N) is 4. The van der Waals surface area contributed by atoms with E-state index in [0.29, 0.717) is 36.3 Å². The summed E-state index contributed by atoms with van der Waals surface area (Å²) in [5, 5.41) is 14.8. The van der Waals surface area contributed by atoms with E-state index in [-0.39, 0.29) is 47.1 Å². The number of amides is 2. The highest BCUT2D eigenvalue weighted by Crippen LogP contribution is 2.36. The number of aryl methyl sites for hydroxylation is 2. The minimum Gasteiger partial charge on any atom is -0.489 e. The summed E-state index contributed by atoms with van der Waals surface area (Å²) in [6.45, 7) is 14.4. The standard InChI is InChI=1S/C15H14Cl2N2O3.C14H20ClNO2.C11H11Cl2NO2.C3H8NO5P/c1-5-6-21-12-8-11(9(16)7-10(12)17)19-14(20)22-13(18-19)15(2,3)4;1-4-12-8-6-7-11(3)14(12)16(10-18-5-2)13(17)9-15;1-7-6-16-9-5-3-2-4-8(9)14(7)11(15)10(12)13;5-3(6)1-4-2-10(7,8)9/h1,7-8H,6H2,2-4H3;6-8H,4-5,9-10H2,1-3H3;2-5,7,10H,6H2,1H3;4H,1-2H2,(H,5,6)(H2,7,8,9). The van der Waals surface area contributed by atoms with Gasteiger partial charge in [-0.25, -0.2) is 4.79 Å². The SMILES string of the molecule is C#CCOc1cc(-n2nc(C(C)(C)C)oc2=O)c(Cl)cc1Cl.CC1COc2ccccc2N1C(=O)C(Cl)Cl.CCOCN(C(=O)CCl)c1c(C)cccc1CC.O=C(O)CNCP(=O)(O)O. The number of hydrogen-bond acceptors (Lipinski definition) is 11. The maximum atomic E-state index is 12.0. The Balaban J connectivity index is 0.000000312. The molecule has 1 aliphatic heterocycles. The third kappa shape index (κ3) is 18.1. The number of aliphatic carboxylic acids is 1. The van der Waals surface area contributed by atoms with Gasteiger partial charge in [0.15, 0.2) is 4.84 Å². The van der Waals surface area contributed by atoms with Crippen molar-refractivity contribution in [1.29, 1.82) is 0 Å². The van der Waals surface area contributed by atoms with Crippen LogP contribution in [0.5, 0.6) is 11.5 Å². The first kappa shape index (κ1) is 57.8. The Morgan fingerprint density at radius 3 is 2.29 bits per heavy atom. The monoisotopic (exact) mass is 1040 g/mol. The average molecular weight is 1040 g/mol. The van der Waals surface area contributed by atoms with Gasteiger partial charge in [0, 0.05) is 18.1 Å². The second-order valence-electron chi connectivity index (χ2n) is 14.9. The van der Waals surface area contributed by atoms with Crippen LogP contribution < -0.4 is 30.3 Å². The molecule has 4 aromatic rings. The Morgan fingerprint density at radius 2 is 1.74 bits per heavy atom. The highest BCUT2D eigenvalue weighted by molar-refractivity contribution is 7.51. The van der Waals surface area contributed by atoms with Gasteiger partial charge >= 0.3 is 19.3 Å². The Labute approximate surface area is 408 Å². The molecule has 0 bridgehead atoms. The molecule has 5 rings (SSSR count). The van der Waals surface area contributed by atoms with E-state index in [4.69, 9.17) is 97.9 Å². The second-order valence-corrected chi connectivity index (χ2v) is 18.7. The van der Waals surface area contributed by atoms with Gasteiger partial charge in [-0.1, -0.05) is 110 Å². The number of carbonyl (C=O) groups is 3. The third-order valence-corrected chi connectivity index (χ3v) is 10.4. The number of carboxylic acid groups (broad SMARTS) is 1. The van der Waals surface area contributed by atoms with E-state index in [1.165, 1.54) is 12.1 Å². The van der Waals surface area contributed by atoms with Crippen LogP contribution in [0.1, 0.15) is 58.6 Å². The van der Waals surface area contributed by atoms with Crippen LogP contribution in [0.2, 0.25) is 10.0 Å². The number of terminal acetylenes is 1. The lowest BCUT2D eigenvalue weighted by molar-refractivity contribution is -0.135. The average Bonchev–Trinajstić information content (AvgIpc) is 3.65. The first-order chi connectivity index (χ1) is 30.9. The van der Waals surface area contributed by atoms with Crippen molar-refractivity contribution in [2.45, 2.75) is 71.2 Å². The van der Waals surface area contributed by atoms with Gasteiger partial charge in [0.1, 0.15) is 37.3 Å². The number of anilines is 2. The molecule has 0 aliphatic carbocycles. The van der Waals surface area contributed by atoms with E-state index in [9.17, 15) is 23.7 Å². The van der Waals surface area contributed by atoms with Crippen LogP contribution in [-0.2, 0) is 35.5 Å². The van der Waals surface area contributed by atoms with Crippen molar-refractivity contribution in [2.24, 2.45) is 0 Å². The Hall–Kier alpha value is -4.31. The van der Waals surface area contributed by atoms with Crippen molar-refractivity contribution in [2.75, 3.05) is 55.1 Å². The molecule has 23 heteroatoms. The molecule has 0 saturated heterocycles. The fourth-order valence-corrected chi connectivity index (χ4v) is 6.88. The van der Waals surface area contributed by atoms with Gasteiger partial charge in [0.25, 0.3) is 5.91 Å². The molecule has 17 nitrogen and oxygen atoms in total. The van der Waals surface area contributed by atoms with Gasteiger partial charge in [-0.05, 0) is 56.5 Å². The van der Waals surface area contributed by atoms with Crippen LogP contribution in [0.25, 0.3) is 5.69 Å². The first-order valence-electron chi connectivity index (χ1n) is 19.9. The lowest BCUT2D eigenvalue weighted by Gasteiger charge is -2.35. The van der Waals surface area contributed by atoms with Crippen molar-refractivity contribution in [3.05, 3.63) is 92.2 Å². The van der Waals surface area contributed by atoms with Crippen molar-refractivity contribution in [3.63, 3.8) is 0 Å². The Morgan fingerprint density at radius 1 is 1.08 bits per heavy atom. The third-order valence-electron chi connectivity index (χ3n) is 8.61. The van der Waals surface area contributed by atoms with Crippen LogP contribution in [0.15, 0.2) is 63.8 Å². The topological polar surface area (TPSA) is 223 Å². The molecule has 0 spiro atoms. The van der Waals surface area contributed by atoms with E-state index < -0.39 is 42.4 Å². The van der Waals surface area contributed by atoms with E-state index in [1.807, 2.05) is 84.0 Å². The number of fused-ring (bicyclic) bond motifs is 1. The van der Waals surface area contributed by atoms with Crippen LogP contribution >= 0.6 is 65.6 Å². The van der Waals surface area contributed by atoms with Crippen LogP contribution in [0.4, 0.5) is 11.4 Å². The van der Waals surface area contributed by atoms with Gasteiger partial charge in [0.2, 0.25) is 11.8 Å². The molecule has 0 fully saturated rings. The lowest BCUT2D eigenvalue weighted by atomic mass is 9.97. The predicted octanol–water partition coefficient (Wildman–Crippen LogP) is 7.97. The van der Waals surface area contributed by atoms with Crippen LogP contribution in [-0.4, -0.2) is 98.6 Å². The number of carboxylic acids is 1. The normalized spacial score (nSPS) is 13.0. The fraction of sp³-hybridized carbons (Fsp3) is 0.419. The smallest absolute Gasteiger partial charge is 0.442 e. The number of ether oxygens (including phenoxy) is 3. The van der Waals surface area contributed by atoms with Gasteiger partial charge in [-0.15, -0.1) is 23.1 Å². The molecule has 1 aromatic heterocycles. The van der Waals surface area contributed by atoms with Crippen molar-refractivity contribution in [1.82, 2.24) is 15.1 Å². The molecule has 2 heterocycles. The fourth-order valence-electron chi connectivity index (χ4n) is 5.60. The first-order valence-corrected chi connectivity index (χ1v) is 23.9. The Bertz CT molecular complexity index is 2400. The summed E-state index contributed by atoms with van der Waals surface area (Å²) >= 11 is 29.1. The number of hydrogen-bond donors (Lipinski definition) is 4. The summed E-state index contributed by atoms with van der Waals surface area (Å²) in [5.74, 6) is 1.36. The number of benzene rings is 3. The van der Waals surface area contributed by atoms with Gasteiger partial charge in [-0.2, -0.15) is 4.68 Å². The summed E-state index contributed by atoms with van der Waals surface area (Å²) in [6, 6.07) is 16.3. The molecular weight excluding hydrogens is 987 g/mol. The van der Waals surface area contributed by atoms with Crippen LogP contribution in [0, 0.1) is 19.3 Å². The van der Waals surface area contributed by atoms with Crippen LogP contribution in [0.3, 0.4) is 0 Å². The lowest BCUT2D eigenvalue weighted by Crippen LogP contribution is -2.47. The maximum absolute atomic E-state index is 12.0. The zero-order chi connectivity index (χ0) is 49.9. The molecule has 1 atom stereocenters. The summed E-state index contributed by atoms with van der Waals surface area (Å²) in [7, 11) is -4.10. The minimum absolute atomic E-state index is 0.0371. The number of aromatic nitrogens is 2. The highest BCUT2D eigenvalue weighted by atomic mass is 35.5. The van der Waals surface area contributed by atoms with Gasteiger partial charge in [0.05, 0.1) is 46.0 Å². The maximum Gasteiger partial charge on any atom is 0.442 e. The molecule has 66 heavy (non-hydrogen) atoms. The molecule has 0 saturated carbocycles. The van der Waals surface area contributed by atoms with E-state index in [2.05, 4.69) is 23.3 Å². The zero-order valence-electron chi connectivity index (χ0n) is 37.2. The summed E-state index contributed by atoms with van der Waals surface area (Å²) in [4.78, 5) is 64.2. The predicted molar refractivity (Wildman–Crippen MR) is 257 cm³/mol. The van der Waals surface area contributed by atoms with Gasteiger partial charge < -0.3 is 38.4 Å². The number of para-hydroxylation sites is 3. The number of rotatable bonds is 14. The summed E-state index contributed by atoms with van der Waals surface area (Å²) < 4.78 is 32.5. The molecule has 1 unspecified atom stereocenters. The second kappa shape index (κ2) is 27.5. The zero-order valence-corrected chi connectivity index (χ0v) is 41.9. The number of carbonyl (C=O) groups excluding carboxylic acids is 2. The van der Waals surface area contributed by atoms with Crippen molar-refractivity contribution >= 4 is 94.8 Å². The van der Waals surface area contributed by atoms with E-state index >= 15 is 0 Å². The number of nitrogens with one attached hydrogen (secondary N) is 1. The number of alkyl halides is 3. The molecule has 2 amide bonds. The molecule has 362 valence electrons. The van der Waals surface area contributed by atoms with Crippen molar-refractivity contribution < 1.29 is 52.5 Å². The quantitative estimate of drug-likeness (QED) is 0.0407. The van der Waals surface area contributed by atoms with Gasteiger partial charge in [-0.3, -0.25) is 29.2 Å². The van der Waals surface area contributed by atoms with E-state index in [1.54, 1.807) is 9.80 Å². The summed E-state index contributed by atoms with van der Waals surface area (Å²) in [5.41, 5.74) is 3.74. The molecule has 0 radical (unpaired) electrons. The highest BCUT2D eigenvalue weighted by Gasteiger charge is 2.32. The molecule has 1 aliphatic rings.